The van der Waals surface area contributed by atoms with Gasteiger partial charge in [-0.3, -0.25) is 0 Å². The molecule has 2 N–H and O–H groups in total. The van der Waals surface area contributed by atoms with Crippen LogP contribution < -0.4 is 5.73 Å². The zero-order valence-corrected chi connectivity index (χ0v) is 9.61. The molecule has 0 bridgehead atoms. The van der Waals surface area contributed by atoms with Gasteiger partial charge in [-0.1, -0.05) is 24.4 Å². The molecule has 0 atom stereocenters. The van der Waals surface area contributed by atoms with Crippen molar-refractivity contribution >= 4 is 0 Å². The predicted molar refractivity (Wildman–Crippen MR) is 60.0 cm³/mol. The molecule has 2 saturated carbocycles. The van der Waals surface area contributed by atoms with Crippen molar-refractivity contribution in [3.05, 3.63) is 11.7 Å². The lowest BCUT2D eigenvalue weighted by atomic mass is 9.80. The topological polar surface area (TPSA) is 64.9 Å². The van der Waals surface area contributed by atoms with Crippen LogP contribution in [-0.2, 0) is 6.42 Å². The summed E-state index contributed by atoms with van der Waals surface area (Å²) in [4.78, 5) is 4.45. The molecular formula is C12H19N3O. The maximum absolute atomic E-state index is 6.36. The number of hydrogen-bond donors (Lipinski definition) is 1. The fraction of sp³-hybridized carbons (Fsp3) is 0.833. The maximum atomic E-state index is 6.36. The lowest BCUT2D eigenvalue weighted by Crippen LogP contribution is -2.43. The summed E-state index contributed by atoms with van der Waals surface area (Å²) in [5, 5.41) is 4.03. The first-order valence-electron chi connectivity index (χ1n) is 6.37. The summed E-state index contributed by atoms with van der Waals surface area (Å²) in [5.74, 6) is 2.21. The number of hydrogen-bond acceptors (Lipinski definition) is 4. The smallest absolute Gasteiger partial charge is 0.228 e. The minimum absolute atomic E-state index is 0.0917. The molecular weight excluding hydrogens is 202 g/mol. The standard InChI is InChI=1S/C12H19N3O/c13-12(6-2-1-3-7-12)8-10-14-11(15-16-10)9-4-5-9/h9H,1-8,13H2. The molecule has 2 fully saturated rings. The maximum Gasteiger partial charge on any atom is 0.228 e. The van der Waals surface area contributed by atoms with Gasteiger partial charge < -0.3 is 10.3 Å². The van der Waals surface area contributed by atoms with E-state index < -0.39 is 0 Å². The van der Waals surface area contributed by atoms with Crippen LogP contribution in [0.3, 0.4) is 0 Å². The van der Waals surface area contributed by atoms with E-state index >= 15 is 0 Å². The van der Waals surface area contributed by atoms with Crippen LogP contribution in [0.4, 0.5) is 0 Å². The summed E-state index contributed by atoms with van der Waals surface area (Å²) in [7, 11) is 0. The SMILES string of the molecule is NC1(Cc2nc(C3CC3)no2)CCCCC1. The van der Waals surface area contributed by atoms with E-state index in [-0.39, 0.29) is 5.54 Å². The third-order valence-electron chi connectivity index (χ3n) is 3.78. The molecule has 88 valence electrons. The number of nitrogens with zero attached hydrogens (tertiary/aromatic N) is 2. The molecule has 4 heteroatoms. The molecule has 0 aromatic carbocycles. The molecule has 4 nitrogen and oxygen atoms in total. The van der Waals surface area contributed by atoms with Gasteiger partial charge >= 0.3 is 0 Å². The Hall–Kier alpha value is -0.900. The van der Waals surface area contributed by atoms with E-state index in [2.05, 4.69) is 10.1 Å². The van der Waals surface area contributed by atoms with E-state index in [0.717, 1.165) is 31.0 Å². The Kier molecular flexibility index (Phi) is 2.46. The molecule has 0 saturated heterocycles. The molecule has 0 spiro atoms. The second kappa shape index (κ2) is 3.84. The first-order valence-corrected chi connectivity index (χ1v) is 6.37. The lowest BCUT2D eigenvalue weighted by molar-refractivity contribution is 0.260. The van der Waals surface area contributed by atoms with Crippen molar-refractivity contribution < 1.29 is 4.52 Å². The van der Waals surface area contributed by atoms with E-state index in [1.54, 1.807) is 0 Å². The third kappa shape index (κ3) is 2.12. The quantitative estimate of drug-likeness (QED) is 0.849. The lowest BCUT2D eigenvalue weighted by Gasteiger charge is -2.31. The summed E-state index contributed by atoms with van der Waals surface area (Å²) < 4.78 is 5.29. The van der Waals surface area contributed by atoms with Gasteiger partial charge in [-0.05, 0) is 25.7 Å². The van der Waals surface area contributed by atoms with Crippen LogP contribution in [0, 0.1) is 0 Å². The largest absolute Gasteiger partial charge is 0.339 e. The van der Waals surface area contributed by atoms with Gasteiger partial charge in [0.1, 0.15) is 0 Å². The number of nitrogens with two attached hydrogens (primary N) is 1. The Morgan fingerprint density at radius 3 is 2.69 bits per heavy atom. The number of aromatic nitrogens is 2. The molecule has 0 amide bonds. The van der Waals surface area contributed by atoms with Crippen LogP contribution in [0.1, 0.15) is 62.6 Å². The molecule has 3 rings (SSSR count). The van der Waals surface area contributed by atoms with Gasteiger partial charge in [0.25, 0.3) is 0 Å². The van der Waals surface area contributed by atoms with Crippen LogP contribution in [0.15, 0.2) is 4.52 Å². The molecule has 0 aliphatic heterocycles. The van der Waals surface area contributed by atoms with Crippen LogP contribution in [0.2, 0.25) is 0 Å². The highest BCUT2D eigenvalue weighted by molar-refractivity contribution is 5.05. The third-order valence-corrected chi connectivity index (χ3v) is 3.78. The van der Waals surface area contributed by atoms with Gasteiger partial charge in [-0.15, -0.1) is 0 Å². The Balaban J connectivity index is 1.67. The van der Waals surface area contributed by atoms with Gasteiger partial charge in [0.05, 0.1) is 0 Å². The molecule has 2 aliphatic rings. The Morgan fingerprint density at radius 1 is 1.25 bits per heavy atom. The molecule has 1 aromatic rings. The van der Waals surface area contributed by atoms with Gasteiger partial charge in [0.15, 0.2) is 5.82 Å². The van der Waals surface area contributed by atoms with Crippen molar-refractivity contribution in [3.8, 4) is 0 Å². The highest BCUT2D eigenvalue weighted by Crippen LogP contribution is 2.38. The molecule has 1 aromatic heterocycles. The zero-order valence-electron chi connectivity index (χ0n) is 9.61. The number of rotatable bonds is 3. The molecule has 0 radical (unpaired) electrons. The van der Waals surface area contributed by atoms with Crippen LogP contribution in [0.5, 0.6) is 0 Å². The summed E-state index contributed by atoms with van der Waals surface area (Å²) in [6, 6.07) is 0. The van der Waals surface area contributed by atoms with E-state index in [0.29, 0.717) is 5.92 Å². The fourth-order valence-electron chi connectivity index (χ4n) is 2.58. The van der Waals surface area contributed by atoms with Crippen molar-refractivity contribution in [2.75, 3.05) is 0 Å². The van der Waals surface area contributed by atoms with Crippen molar-refractivity contribution in [2.24, 2.45) is 5.73 Å². The summed E-state index contributed by atoms with van der Waals surface area (Å²) in [5.41, 5.74) is 6.27. The van der Waals surface area contributed by atoms with Crippen molar-refractivity contribution in [1.29, 1.82) is 0 Å². The van der Waals surface area contributed by atoms with Crippen molar-refractivity contribution in [2.45, 2.75) is 62.8 Å². The predicted octanol–water partition coefficient (Wildman–Crippen LogP) is 2.15. The van der Waals surface area contributed by atoms with E-state index in [4.69, 9.17) is 10.3 Å². The Morgan fingerprint density at radius 2 is 2.00 bits per heavy atom. The van der Waals surface area contributed by atoms with Gasteiger partial charge in [-0.25, -0.2) is 0 Å². The second-order valence-corrected chi connectivity index (χ2v) is 5.42. The van der Waals surface area contributed by atoms with Crippen LogP contribution in [0.25, 0.3) is 0 Å². The van der Waals surface area contributed by atoms with Gasteiger partial charge in [0, 0.05) is 17.9 Å². The highest BCUT2D eigenvalue weighted by atomic mass is 16.5. The average Bonchev–Trinajstić information content (AvgIpc) is 3.02. The van der Waals surface area contributed by atoms with Crippen molar-refractivity contribution in [3.63, 3.8) is 0 Å². The molecule has 1 heterocycles. The highest BCUT2D eigenvalue weighted by Gasteiger charge is 2.32. The van der Waals surface area contributed by atoms with E-state index in [1.165, 1.54) is 32.1 Å². The minimum Gasteiger partial charge on any atom is -0.339 e. The Bertz CT molecular complexity index is 364. The zero-order chi connectivity index (χ0) is 11.0. The fourth-order valence-corrected chi connectivity index (χ4v) is 2.58. The normalized spacial score (nSPS) is 24.6. The van der Waals surface area contributed by atoms with Crippen LogP contribution >= 0.6 is 0 Å². The summed E-state index contributed by atoms with van der Waals surface area (Å²) >= 11 is 0. The first kappa shape index (κ1) is 10.3. The van der Waals surface area contributed by atoms with Gasteiger partial charge in [-0.2, -0.15) is 4.98 Å². The minimum atomic E-state index is -0.0917. The van der Waals surface area contributed by atoms with E-state index in [1.807, 2.05) is 0 Å². The first-order chi connectivity index (χ1) is 7.75. The monoisotopic (exact) mass is 221 g/mol. The molecule has 2 aliphatic carbocycles. The average molecular weight is 221 g/mol. The van der Waals surface area contributed by atoms with E-state index in [9.17, 15) is 0 Å². The molecule has 16 heavy (non-hydrogen) atoms. The van der Waals surface area contributed by atoms with Gasteiger partial charge in [0.2, 0.25) is 5.89 Å². The molecule has 0 unspecified atom stereocenters. The summed E-state index contributed by atoms with van der Waals surface area (Å²) in [6.45, 7) is 0. The second-order valence-electron chi connectivity index (χ2n) is 5.42. The summed E-state index contributed by atoms with van der Waals surface area (Å²) in [6.07, 6.45) is 9.16. The van der Waals surface area contributed by atoms with Crippen molar-refractivity contribution in [1.82, 2.24) is 10.1 Å². The Labute approximate surface area is 95.6 Å². The van der Waals surface area contributed by atoms with Crippen LogP contribution in [-0.4, -0.2) is 15.7 Å².